The number of fused-ring (bicyclic) bond motifs is 2. The number of hydrogen-bond donors (Lipinski definition) is 7. The molecule has 9 N–H and O–H groups in total. The molecule has 45 heavy (non-hydrogen) atoms. The third-order valence-corrected chi connectivity index (χ3v) is 8.47. The zero-order valence-electron chi connectivity index (χ0n) is 25.8. The number of carboxylic acid groups (broad SMARTS) is 1. The Kier molecular flexibility index (Phi) is 12.5. The second kappa shape index (κ2) is 16.0. The maximum Gasteiger partial charge on any atom is 0.305 e. The lowest BCUT2D eigenvalue weighted by Crippen LogP contribution is -2.61. The summed E-state index contributed by atoms with van der Waals surface area (Å²) in [4.78, 5) is 98.8. The van der Waals surface area contributed by atoms with E-state index >= 15 is 0 Å². The maximum absolute atomic E-state index is 14.0. The molecule has 0 radical (unpaired) electrons. The quantitative estimate of drug-likeness (QED) is 0.0814. The van der Waals surface area contributed by atoms with Crippen LogP contribution in [-0.4, -0.2) is 119 Å². The Morgan fingerprint density at radius 1 is 0.911 bits per heavy atom. The Labute approximate surface area is 261 Å². The topological polar surface area (TPSA) is 259 Å². The number of aliphatic carboxylic acids is 1. The number of carboxylic acids is 1. The number of rotatable bonds is 8. The van der Waals surface area contributed by atoms with Crippen LogP contribution in [0.15, 0.2) is 4.99 Å². The molecule has 17 heteroatoms. The van der Waals surface area contributed by atoms with Gasteiger partial charge in [-0.3, -0.25) is 38.6 Å². The summed E-state index contributed by atoms with van der Waals surface area (Å²) in [6, 6.07) is -5.56. The smallest absolute Gasteiger partial charge is 0.305 e. The summed E-state index contributed by atoms with van der Waals surface area (Å²) in [7, 11) is 0. The third kappa shape index (κ3) is 9.28. The van der Waals surface area contributed by atoms with Gasteiger partial charge in [0, 0.05) is 19.6 Å². The van der Waals surface area contributed by atoms with Crippen LogP contribution in [0.2, 0.25) is 0 Å². The number of carbonyl (C=O) groups excluding carboxylic acids is 6. The number of carbonyl (C=O) groups is 7. The molecule has 17 nitrogen and oxygen atoms in total. The second-order valence-electron chi connectivity index (χ2n) is 11.7. The molecule has 3 saturated heterocycles. The van der Waals surface area contributed by atoms with Crippen molar-refractivity contribution in [3.8, 4) is 0 Å². The molecule has 3 aliphatic rings. The number of guanidine groups is 1. The summed E-state index contributed by atoms with van der Waals surface area (Å²) in [6.45, 7) is 3.66. The fourth-order valence-corrected chi connectivity index (χ4v) is 5.87. The van der Waals surface area contributed by atoms with E-state index in [1.807, 2.05) is 0 Å². The lowest BCUT2D eigenvalue weighted by atomic mass is 9.96. The van der Waals surface area contributed by atoms with Gasteiger partial charge in [0.05, 0.1) is 13.0 Å². The van der Waals surface area contributed by atoms with E-state index in [0.29, 0.717) is 38.5 Å². The summed E-state index contributed by atoms with van der Waals surface area (Å²) in [5.41, 5.74) is 10.9. The van der Waals surface area contributed by atoms with E-state index in [-0.39, 0.29) is 37.9 Å². The predicted octanol–water partition coefficient (Wildman–Crippen LogP) is -2.87. The van der Waals surface area contributed by atoms with Crippen molar-refractivity contribution in [2.24, 2.45) is 22.4 Å². The highest BCUT2D eigenvalue weighted by Gasteiger charge is 2.44. The van der Waals surface area contributed by atoms with Gasteiger partial charge in [-0.1, -0.05) is 20.3 Å². The minimum Gasteiger partial charge on any atom is -0.481 e. The summed E-state index contributed by atoms with van der Waals surface area (Å²) in [5, 5.41) is 19.5. The fourth-order valence-electron chi connectivity index (χ4n) is 5.87. The molecule has 0 saturated carbocycles. The predicted molar refractivity (Wildman–Crippen MR) is 160 cm³/mol. The van der Waals surface area contributed by atoms with Gasteiger partial charge in [0.25, 0.3) is 0 Å². The molecule has 0 unspecified atom stereocenters. The zero-order chi connectivity index (χ0) is 33.3. The normalized spacial score (nSPS) is 27.6. The highest BCUT2D eigenvalue weighted by molar-refractivity contribution is 5.98. The van der Waals surface area contributed by atoms with Gasteiger partial charge in [-0.25, -0.2) is 0 Å². The number of nitrogens with two attached hydrogens (primary N) is 2. The van der Waals surface area contributed by atoms with Crippen LogP contribution >= 0.6 is 0 Å². The third-order valence-electron chi connectivity index (χ3n) is 8.47. The molecule has 3 heterocycles. The van der Waals surface area contributed by atoms with Gasteiger partial charge in [0.2, 0.25) is 35.4 Å². The van der Waals surface area contributed by atoms with Crippen molar-refractivity contribution in [1.82, 2.24) is 31.1 Å². The van der Waals surface area contributed by atoms with Gasteiger partial charge < -0.3 is 47.6 Å². The molecular weight excluding hydrogens is 590 g/mol. The Morgan fingerprint density at radius 3 is 2.18 bits per heavy atom. The number of hydrogen-bond acceptors (Lipinski definition) is 8. The monoisotopic (exact) mass is 635 g/mol. The fraction of sp³-hybridized carbons (Fsp3) is 0.714. The molecule has 3 aliphatic heterocycles. The van der Waals surface area contributed by atoms with Crippen LogP contribution in [0.5, 0.6) is 0 Å². The molecule has 0 aromatic carbocycles. The lowest BCUT2D eigenvalue weighted by molar-refractivity contribution is -0.148. The molecule has 0 aromatic rings. The summed E-state index contributed by atoms with van der Waals surface area (Å²) >= 11 is 0. The molecule has 0 aliphatic carbocycles. The van der Waals surface area contributed by atoms with E-state index in [4.69, 9.17) is 11.5 Å². The van der Waals surface area contributed by atoms with Gasteiger partial charge in [-0.15, -0.1) is 0 Å². The highest BCUT2D eigenvalue weighted by atomic mass is 16.4. The number of amides is 6. The van der Waals surface area contributed by atoms with Crippen LogP contribution < -0.4 is 32.7 Å². The molecule has 0 bridgehead atoms. The first-order valence-corrected chi connectivity index (χ1v) is 15.4. The van der Waals surface area contributed by atoms with Crippen LogP contribution in [0.4, 0.5) is 0 Å². The van der Waals surface area contributed by atoms with Gasteiger partial charge in [0.1, 0.15) is 30.2 Å². The van der Waals surface area contributed by atoms with E-state index in [9.17, 15) is 38.7 Å². The standard InChI is InChI=1S/C28H45N9O8/c1-3-15(2)22-25(43)34-16(7-4-10-31-28(29)30)26(44)37-12-6-9-19(37)27(45)36-11-5-8-18(36)24(42)32-14-20(38)33-17(13-21(39)40)23(41)35-22/h15-19,22H,3-14H2,1-2H3,(H,32,42)(H,33,38)(H,34,43)(H,35,41)(H,39,40)(H4,29,30,31)/t15-,16-,17-,18+,19-,22-/m0/s1. The minimum absolute atomic E-state index is 0.117. The minimum atomic E-state index is -1.56. The zero-order valence-corrected chi connectivity index (χ0v) is 25.8. The van der Waals surface area contributed by atoms with Crippen molar-refractivity contribution in [3.63, 3.8) is 0 Å². The van der Waals surface area contributed by atoms with Crippen molar-refractivity contribution in [1.29, 1.82) is 0 Å². The number of aliphatic imine (C=N–C) groups is 1. The van der Waals surface area contributed by atoms with Crippen LogP contribution in [-0.2, 0) is 33.6 Å². The molecular formula is C28H45N9O8. The Hall–Kier alpha value is -4.44. The molecule has 250 valence electrons. The van der Waals surface area contributed by atoms with Gasteiger partial charge in [-0.05, 0) is 44.4 Å². The maximum atomic E-state index is 14.0. The summed E-state index contributed by atoms with van der Waals surface area (Å²) in [5.74, 6) is -5.84. The van der Waals surface area contributed by atoms with Gasteiger partial charge in [0.15, 0.2) is 5.96 Å². The van der Waals surface area contributed by atoms with Crippen molar-refractivity contribution in [2.45, 2.75) is 95.4 Å². The highest BCUT2D eigenvalue weighted by Crippen LogP contribution is 2.26. The summed E-state index contributed by atoms with van der Waals surface area (Å²) in [6.07, 6.45) is 1.88. The van der Waals surface area contributed by atoms with E-state index in [2.05, 4.69) is 26.3 Å². The van der Waals surface area contributed by atoms with Gasteiger partial charge in [-0.2, -0.15) is 0 Å². The molecule has 3 rings (SSSR count). The molecule has 6 amide bonds. The van der Waals surface area contributed by atoms with E-state index < -0.39 is 84.6 Å². The van der Waals surface area contributed by atoms with Crippen molar-refractivity contribution in [3.05, 3.63) is 0 Å². The van der Waals surface area contributed by atoms with E-state index in [1.165, 1.54) is 9.80 Å². The molecule has 0 spiro atoms. The Bertz CT molecular complexity index is 1190. The van der Waals surface area contributed by atoms with Crippen LogP contribution in [0.3, 0.4) is 0 Å². The average Bonchev–Trinajstić information content (AvgIpc) is 3.68. The first-order valence-electron chi connectivity index (χ1n) is 15.4. The first kappa shape index (κ1) is 35.0. The van der Waals surface area contributed by atoms with Crippen LogP contribution in [0.1, 0.15) is 65.2 Å². The first-order chi connectivity index (χ1) is 21.3. The van der Waals surface area contributed by atoms with Crippen LogP contribution in [0.25, 0.3) is 0 Å². The second-order valence-corrected chi connectivity index (χ2v) is 11.7. The van der Waals surface area contributed by atoms with Crippen LogP contribution in [0, 0.1) is 5.92 Å². The summed E-state index contributed by atoms with van der Waals surface area (Å²) < 4.78 is 0. The number of nitrogens with one attached hydrogen (secondary N) is 4. The molecule has 0 aromatic heterocycles. The molecule has 6 atom stereocenters. The van der Waals surface area contributed by atoms with Crippen molar-refractivity contribution < 1.29 is 38.7 Å². The van der Waals surface area contributed by atoms with Crippen molar-refractivity contribution >= 4 is 47.4 Å². The molecule has 3 fully saturated rings. The Morgan fingerprint density at radius 2 is 1.56 bits per heavy atom. The van der Waals surface area contributed by atoms with Crippen molar-refractivity contribution in [2.75, 3.05) is 26.2 Å². The average molecular weight is 636 g/mol. The number of nitrogens with zero attached hydrogens (tertiary/aromatic N) is 3. The Balaban J connectivity index is 2.00. The van der Waals surface area contributed by atoms with Gasteiger partial charge >= 0.3 is 5.97 Å². The largest absolute Gasteiger partial charge is 0.481 e. The lowest BCUT2D eigenvalue weighted by Gasteiger charge is -2.34. The SMILES string of the molecule is CC[C@H](C)[C@@H]1NC(=O)[C@H](CC(=O)O)NC(=O)CNC(=O)[C@H]2CCCN2C(=O)[C@@H]2CCCN2C(=O)[C@H](CCCN=C(N)N)NC1=O. The van der Waals surface area contributed by atoms with E-state index in [1.54, 1.807) is 13.8 Å². The van der Waals surface area contributed by atoms with E-state index in [0.717, 1.165) is 0 Å².